The molecule has 2 aliphatic rings. The van der Waals surface area contributed by atoms with Crippen molar-refractivity contribution >= 4 is 5.87 Å². The summed E-state index contributed by atoms with van der Waals surface area (Å²) in [6, 6.07) is 5.75. The minimum Gasteiger partial charge on any atom is -0.762 e. The summed E-state index contributed by atoms with van der Waals surface area (Å²) in [5.41, 5.74) is 2.85. The highest BCUT2D eigenvalue weighted by molar-refractivity contribution is 5.73. The molecule has 0 fully saturated rings. The van der Waals surface area contributed by atoms with Crippen LogP contribution in [0.3, 0.4) is 0 Å². The summed E-state index contributed by atoms with van der Waals surface area (Å²) in [5.74, 6) is 2.32. The highest BCUT2D eigenvalue weighted by Crippen LogP contribution is 2.39. The van der Waals surface area contributed by atoms with Gasteiger partial charge in [-0.3, -0.25) is 5.87 Å². The van der Waals surface area contributed by atoms with Gasteiger partial charge in [0.25, 0.3) is 0 Å². The first-order valence-corrected chi connectivity index (χ1v) is 8.15. The summed E-state index contributed by atoms with van der Waals surface area (Å²) >= 11 is 0. The van der Waals surface area contributed by atoms with Crippen molar-refractivity contribution in [3.63, 3.8) is 0 Å². The minimum atomic E-state index is 0.154. The van der Waals surface area contributed by atoms with E-state index in [1.165, 1.54) is 0 Å². The van der Waals surface area contributed by atoms with Gasteiger partial charge in [-0.05, 0) is 48.3 Å². The number of allylic oxidation sites excluding steroid dienone is 7. The predicted octanol–water partition coefficient (Wildman–Crippen LogP) is 3.40. The van der Waals surface area contributed by atoms with Crippen LogP contribution in [0.4, 0.5) is 0 Å². The molecule has 1 atom stereocenters. The molecule has 5 nitrogen and oxygen atoms in total. The van der Waals surface area contributed by atoms with Crippen molar-refractivity contribution < 1.29 is 4.48 Å². The Kier molecular flexibility index (Phi) is 7.10. The number of rotatable bonds is 1. The van der Waals surface area contributed by atoms with Crippen LogP contribution >= 0.6 is 0 Å². The first-order chi connectivity index (χ1) is 11.7. The molecular formula is C20H23N5. The quantitative estimate of drug-likeness (QED) is 0.418. The highest BCUT2D eigenvalue weighted by Gasteiger charge is 2.25. The van der Waals surface area contributed by atoms with Crippen molar-refractivity contribution in [2.24, 2.45) is 5.92 Å². The van der Waals surface area contributed by atoms with E-state index in [0.29, 0.717) is 5.92 Å². The third-order valence-corrected chi connectivity index (χ3v) is 3.77. The minimum absolute atomic E-state index is 0.154. The Labute approximate surface area is 150 Å². The lowest BCUT2D eigenvalue weighted by Crippen LogP contribution is -2.27. The first kappa shape index (κ1) is 20.1. The molecule has 0 aromatic heterocycles. The van der Waals surface area contributed by atoms with Gasteiger partial charge < -0.3 is 9.89 Å². The van der Waals surface area contributed by atoms with Crippen LogP contribution in [0.25, 0.3) is 5.41 Å². The Morgan fingerprint density at radius 1 is 1.00 bits per heavy atom. The molecule has 1 unspecified atom stereocenters. The summed E-state index contributed by atoms with van der Waals surface area (Å²) in [4.78, 5) is 0. The largest absolute Gasteiger partial charge is 0.762 e. The fourth-order valence-electron chi connectivity index (χ4n) is 2.69. The number of nitriles is 3. The summed E-state index contributed by atoms with van der Waals surface area (Å²) in [5, 5.41) is 35.7. The molecule has 0 heterocycles. The van der Waals surface area contributed by atoms with Crippen LogP contribution in [0.2, 0.25) is 0 Å². The van der Waals surface area contributed by atoms with Crippen LogP contribution in [0.5, 0.6) is 0 Å². The molecule has 0 aliphatic heterocycles. The second-order valence-corrected chi connectivity index (χ2v) is 7.49. The molecule has 5 heteroatoms. The molecule has 0 radical (unpaired) electrons. The molecule has 2 rings (SSSR count). The van der Waals surface area contributed by atoms with Crippen molar-refractivity contribution in [3.8, 4) is 18.2 Å². The lowest BCUT2D eigenvalue weighted by molar-refractivity contribution is -0.849. The average Bonchev–Trinajstić information content (AvgIpc) is 2.55. The fourth-order valence-corrected chi connectivity index (χ4v) is 2.69. The molecule has 0 spiro atoms. The van der Waals surface area contributed by atoms with Crippen molar-refractivity contribution in [2.45, 2.75) is 25.7 Å². The smallest absolute Gasteiger partial charge is 0.132 e. The Bertz CT molecular complexity index is 769. The van der Waals surface area contributed by atoms with Crippen LogP contribution in [0.1, 0.15) is 25.7 Å². The van der Waals surface area contributed by atoms with Crippen LogP contribution in [-0.4, -0.2) is 38.5 Å². The van der Waals surface area contributed by atoms with Crippen molar-refractivity contribution in [1.82, 2.24) is 0 Å². The van der Waals surface area contributed by atoms with E-state index in [-0.39, 0.29) is 11.1 Å². The van der Waals surface area contributed by atoms with Crippen LogP contribution in [0, 0.1) is 39.9 Å². The Morgan fingerprint density at radius 3 is 2.04 bits per heavy atom. The monoisotopic (exact) mass is 333 g/mol. The molecule has 25 heavy (non-hydrogen) atoms. The molecule has 0 aromatic rings. The van der Waals surface area contributed by atoms with Gasteiger partial charge in [0.1, 0.15) is 23.8 Å². The topological polar surface area (TPSA) is 93.7 Å². The Morgan fingerprint density at radius 2 is 1.56 bits per heavy atom. The van der Waals surface area contributed by atoms with Gasteiger partial charge in [-0.1, -0.05) is 12.2 Å². The summed E-state index contributed by atoms with van der Waals surface area (Å²) < 4.78 is 1.00. The van der Waals surface area contributed by atoms with E-state index in [4.69, 9.17) is 21.2 Å². The van der Waals surface area contributed by atoms with E-state index in [1.54, 1.807) is 0 Å². The van der Waals surface area contributed by atoms with Crippen LogP contribution in [-0.2, 0) is 0 Å². The van der Waals surface area contributed by atoms with Gasteiger partial charge >= 0.3 is 0 Å². The molecular weight excluding hydrogens is 310 g/mol. The number of hydrogen-bond acceptors (Lipinski definition) is 3. The molecule has 128 valence electrons. The highest BCUT2D eigenvalue weighted by atomic mass is 15.2. The van der Waals surface area contributed by atoms with E-state index in [9.17, 15) is 0 Å². The zero-order chi connectivity index (χ0) is 19.0. The third-order valence-electron chi connectivity index (χ3n) is 3.77. The van der Waals surface area contributed by atoms with Gasteiger partial charge in [-0.2, -0.15) is 15.8 Å². The van der Waals surface area contributed by atoms with Crippen molar-refractivity contribution in [2.75, 3.05) is 28.2 Å². The molecule has 0 saturated carbocycles. The van der Waals surface area contributed by atoms with Gasteiger partial charge in [0, 0.05) is 0 Å². The number of quaternary nitrogens is 1. The Hall–Kier alpha value is -2.90. The van der Waals surface area contributed by atoms with E-state index in [2.05, 4.69) is 28.2 Å². The van der Waals surface area contributed by atoms with E-state index >= 15 is 0 Å². The summed E-state index contributed by atoms with van der Waals surface area (Å²) in [6.45, 7) is 0. The van der Waals surface area contributed by atoms with Gasteiger partial charge in [0.05, 0.1) is 33.8 Å². The lowest BCUT2D eigenvalue weighted by Gasteiger charge is -2.28. The molecule has 0 N–H and O–H groups in total. The lowest BCUT2D eigenvalue weighted by atomic mass is 9.76. The maximum absolute atomic E-state index is 8.93. The van der Waals surface area contributed by atoms with Crippen LogP contribution < -0.4 is 0 Å². The van der Waals surface area contributed by atoms with E-state index < -0.39 is 0 Å². The van der Waals surface area contributed by atoms with E-state index in [1.807, 2.05) is 36.2 Å². The van der Waals surface area contributed by atoms with Crippen LogP contribution in [0.15, 0.2) is 40.0 Å². The zero-order valence-electron chi connectivity index (χ0n) is 15.3. The standard InChI is InChI=1S/C16H11N4.C4H12N/c17-7-15(8-18)12-3-1-11-2-4-13(6-14(11)5-12)16(9-19)10-20;1-5(2,3)4/h5-6,11H,1-4H2;1-4H3/q-1;+1. The zero-order valence-corrected chi connectivity index (χ0v) is 15.3. The fraction of sp³-hybridized carbons (Fsp3) is 0.450. The molecule has 0 saturated heterocycles. The van der Waals surface area contributed by atoms with Crippen molar-refractivity contribution in [3.05, 3.63) is 45.4 Å². The average molecular weight is 333 g/mol. The van der Waals surface area contributed by atoms with Crippen molar-refractivity contribution in [1.29, 1.82) is 15.8 Å². The van der Waals surface area contributed by atoms with Gasteiger partial charge in [0.15, 0.2) is 0 Å². The first-order valence-electron chi connectivity index (χ1n) is 8.15. The van der Waals surface area contributed by atoms with E-state index in [0.717, 1.165) is 46.9 Å². The normalized spacial score (nSPS) is 18.4. The Balaban J connectivity index is 0.000000550. The molecule has 0 bridgehead atoms. The summed E-state index contributed by atoms with van der Waals surface area (Å²) in [7, 11) is 8.50. The number of hydrogen-bond donors (Lipinski definition) is 0. The van der Waals surface area contributed by atoms with Gasteiger partial charge in [0.2, 0.25) is 0 Å². The number of fused-ring (bicyclic) bond motifs is 1. The van der Waals surface area contributed by atoms with Gasteiger partial charge in [-0.15, -0.1) is 0 Å². The second kappa shape index (κ2) is 8.81. The second-order valence-electron chi connectivity index (χ2n) is 7.49. The molecule has 0 amide bonds. The number of nitrogens with zero attached hydrogens (tertiary/aromatic N) is 5. The maximum Gasteiger partial charge on any atom is 0.132 e. The maximum atomic E-state index is 8.93. The van der Waals surface area contributed by atoms with Gasteiger partial charge in [-0.25, -0.2) is 0 Å². The third kappa shape index (κ3) is 6.25. The molecule has 0 aromatic carbocycles. The SMILES string of the molecule is C[N+](C)(C)C.N#CC(=C=[N-])C1=CC2=CC(=C(C#N)C#N)CCC2CC1. The molecule has 2 aliphatic carbocycles. The summed E-state index contributed by atoms with van der Waals surface area (Å²) in [6.07, 6.45) is 7.04. The predicted molar refractivity (Wildman–Crippen MR) is 97.8 cm³/mol.